The van der Waals surface area contributed by atoms with Gasteiger partial charge in [0.2, 0.25) is 0 Å². The van der Waals surface area contributed by atoms with Gasteiger partial charge >= 0.3 is 0 Å². The molecule has 19 heavy (non-hydrogen) atoms. The van der Waals surface area contributed by atoms with Gasteiger partial charge in [-0.15, -0.1) is 0 Å². The Morgan fingerprint density at radius 2 is 2.00 bits per heavy atom. The highest BCUT2D eigenvalue weighted by molar-refractivity contribution is 6.31. The van der Waals surface area contributed by atoms with E-state index in [2.05, 4.69) is 10.2 Å². The molecule has 0 aliphatic rings. The lowest BCUT2D eigenvalue weighted by atomic mass is 10.1. The minimum absolute atomic E-state index is 0.103. The van der Waals surface area contributed by atoms with Crippen LogP contribution in [-0.4, -0.2) is 19.6 Å². The molecule has 0 bridgehead atoms. The van der Waals surface area contributed by atoms with Gasteiger partial charge < -0.3 is 0 Å². The van der Waals surface area contributed by atoms with Crippen molar-refractivity contribution in [1.29, 1.82) is 0 Å². The second-order valence-electron chi connectivity index (χ2n) is 4.12. The molecule has 3 aromatic rings. The summed E-state index contributed by atoms with van der Waals surface area (Å²) in [5.41, 5.74) is 1.68. The van der Waals surface area contributed by atoms with Crippen LogP contribution in [0.25, 0.3) is 16.9 Å². The molecule has 0 saturated heterocycles. The summed E-state index contributed by atoms with van der Waals surface area (Å²) in [5.74, 6) is 0.420. The first-order valence-electron chi connectivity index (χ1n) is 5.63. The molecule has 0 spiro atoms. The summed E-state index contributed by atoms with van der Waals surface area (Å²) < 4.78 is 16.6. The fourth-order valence-corrected chi connectivity index (χ4v) is 2.05. The third-order valence-electron chi connectivity index (χ3n) is 2.87. The van der Waals surface area contributed by atoms with Crippen LogP contribution in [0.15, 0.2) is 42.9 Å². The number of hydrogen-bond acceptors (Lipinski definition) is 2. The van der Waals surface area contributed by atoms with Crippen molar-refractivity contribution in [2.45, 2.75) is 0 Å². The lowest BCUT2D eigenvalue weighted by molar-refractivity contribution is 0.628. The van der Waals surface area contributed by atoms with Crippen LogP contribution >= 0.6 is 11.6 Å². The Morgan fingerprint density at radius 1 is 1.16 bits per heavy atom. The zero-order valence-corrected chi connectivity index (χ0v) is 10.8. The number of halogens is 2. The van der Waals surface area contributed by atoms with Crippen LogP contribution in [0.3, 0.4) is 0 Å². The Kier molecular flexibility index (Phi) is 2.83. The van der Waals surface area contributed by atoms with Gasteiger partial charge in [-0.1, -0.05) is 17.7 Å². The first-order chi connectivity index (χ1) is 9.15. The lowest BCUT2D eigenvalue weighted by Gasteiger charge is -2.01. The van der Waals surface area contributed by atoms with E-state index in [0.717, 1.165) is 16.9 Å². The molecule has 2 heterocycles. The molecule has 0 atom stereocenters. The second-order valence-corrected chi connectivity index (χ2v) is 4.52. The first-order valence-corrected chi connectivity index (χ1v) is 6.01. The zero-order chi connectivity index (χ0) is 13.4. The largest absolute Gasteiger partial charge is 0.251 e. The molecular formula is C13H10ClFN4. The average molecular weight is 277 g/mol. The van der Waals surface area contributed by atoms with Crippen molar-refractivity contribution in [3.63, 3.8) is 0 Å². The van der Waals surface area contributed by atoms with E-state index >= 15 is 0 Å². The van der Waals surface area contributed by atoms with Crippen molar-refractivity contribution >= 4 is 11.6 Å². The highest BCUT2D eigenvalue weighted by Crippen LogP contribution is 2.25. The van der Waals surface area contributed by atoms with Crippen molar-refractivity contribution in [2.75, 3.05) is 0 Å². The minimum Gasteiger partial charge on any atom is -0.251 e. The van der Waals surface area contributed by atoms with Crippen LogP contribution in [0.1, 0.15) is 0 Å². The molecule has 0 N–H and O–H groups in total. The smallest absolute Gasteiger partial charge is 0.151 e. The molecule has 0 aliphatic carbocycles. The SMILES string of the molecule is Cn1nccc1-n1cc(-c2ccc(F)c(Cl)c2)cn1. The normalized spacial score (nSPS) is 10.9. The molecule has 0 aliphatic heterocycles. The third-order valence-corrected chi connectivity index (χ3v) is 3.15. The number of aryl methyl sites for hydroxylation is 1. The molecule has 2 aromatic heterocycles. The van der Waals surface area contributed by atoms with Crippen LogP contribution < -0.4 is 0 Å². The van der Waals surface area contributed by atoms with Crippen molar-refractivity contribution in [1.82, 2.24) is 19.6 Å². The van der Waals surface area contributed by atoms with Gasteiger partial charge in [-0.2, -0.15) is 10.2 Å². The average Bonchev–Trinajstić information content (AvgIpc) is 3.01. The maximum atomic E-state index is 13.1. The van der Waals surface area contributed by atoms with Crippen LogP contribution in [-0.2, 0) is 7.05 Å². The van der Waals surface area contributed by atoms with Gasteiger partial charge in [0, 0.05) is 24.9 Å². The summed E-state index contributed by atoms with van der Waals surface area (Å²) in [7, 11) is 1.84. The molecule has 0 radical (unpaired) electrons. The van der Waals surface area contributed by atoms with E-state index in [1.807, 2.05) is 19.3 Å². The van der Waals surface area contributed by atoms with Gasteiger partial charge in [0.25, 0.3) is 0 Å². The molecule has 4 nitrogen and oxygen atoms in total. The number of benzene rings is 1. The predicted molar refractivity (Wildman–Crippen MR) is 70.7 cm³/mol. The first kappa shape index (κ1) is 11.9. The van der Waals surface area contributed by atoms with Gasteiger partial charge in [-0.05, 0) is 17.7 Å². The molecule has 3 rings (SSSR count). The number of rotatable bonds is 2. The summed E-state index contributed by atoms with van der Waals surface area (Å²) in [5, 5.41) is 8.46. The molecular weight excluding hydrogens is 267 g/mol. The van der Waals surface area contributed by atoms with Crippen LogP contribution in [0, 0.1) is 5.82 Å². The molecule has 0 fully saturated rings. The van der Waals surface area contributed by atoms with Crippen molar-refractivity contribution in [3.8, 4) is 16.9 Å². The van der Waals surface area contributed by atoms with Crippen molar-refractivity contribution < 1.29 is 4.39 Å². The maximum absolute atomic E-state index is 13.1. The minimum atomic E-state index is -0.426. The topological polar surface area (TPSA) is 35.6 Å². The standard InChI is InChI=1S/C13H10ClFN4/c1-18-13(4-5-16-18)19-8-10(7-17-19)9-2-3-12(15)11(14)6-9/h2-8H,1H3. The van der Waals surface area contributed by atoms with Crippen LogP contribution in [0.2, 0.25) is 5.02 Å². The van der Waals surface area contributed by atoms with E-state index in [1.165, 1.54) is 6.07 Å². The molecule has 0 unspecified atom stereocenters. The van der Waals surface area contributed by atoms with E-state index in [0.29, 0.717) is 0 Å². The van der Waals surface area contributed by atoms with Crippen molar-refractivity contribution in [2.24, 2.45) is 7.05 Å². The zero-order valence-electron chi connectivity index (χ0n) is 10.1. The second kappa shape index (κ2) is 4.51. The van der Waals surface area contributed by atoms with Gasteiger partial charge in [0.05, 0.1) is 17.4 Å². The molecule has 0 amide bonds. The number of nitrogens with zero attached hydrogens (tertiary/aromatic N) is 4. The molecule has 1 aromatic carbocycles. The quantitative estimate of drug-likeness (QED) is 0.721. The summed E-state index contributed by atoms with van der Waals surface area (Å²) in [6.07, 6.45) is 5.25. The van der Waals surface area contributed by atoms with Gasteiger partial charge in [-0.3, -0.25) is 4.68 Å². The Balaban J connectivity index is 2.01. The monoisotopic (exact) mass is 276 g/mol. The third kappa shape index (κ3) is 2.13. The fraction of sp³-hybridized carbons (Fsp3) is 0.0769. The van der Waals surface area contributed by atoms with E-state index in [4.69, 9.17) is 11.6 Å². The maximum Gasteiger partial charge on any atom is 0.151 e. The van der Waals surface area contributed by atoms with Gasteiger partial charge in [0.15, 0.2) is 5.82 Å². The Morgan fingerprint density at radius 3 is 2.68 bits per heavy atom. The molecule has 6 heteroatoms. The Labute approximate surface area is 114 Å². The highest BCUT2D eigenvalue weighted by atomic mass is 35.5. The van der Waals surface area contributed by atoms with Gasteiger partial charge in [-0.25, -0.2) is 9.07 Å². The van der Waals surface area contributed by atoms with Crippen LogP contribution in [0.5, 0.6) is 0 Å². The summed E-state index contributed by atoms with van der Waals surface area (Å²) in [6, 6.07) is 6.46. The highest BCUT2D eigenvalue weighted by Gasteiger charge is 2.08. The van der Waals surface area contributed by atoms with Gasteiger partial charge in [0.1, 0.15) is 5.82 Å². The summed E-state index contributed by atoms with van der Waals surface area (Å²) in [6.45, 7) is 0. The van der Waals surface area contributed by atoms with E-state index < -0.39 is 5.82 Å². The van der Waals surface area contributed by atoms with E-state index in [1.54, 1.807) is 33.9 Å². The van der Waals surface area contributed by atoms with E-state index in [9.17, 15) is 4.39 Å². The predicted octanol–water partition coefficient (Wildman–Crippen LogP) is 3.07. The summed E-state index contributed by atoms with van der Waals surface area (Å²) >= 11 is 5.78. The lowest BCUT2D eigenvalue weighted by Crippen LogP contribution is -2.02. The van der Waals surface area contributed by atoms with E-state index in [-0.39, 0.29) is 5.02 Å². The molecule has 96 valence electrons. The summed E-state index contributed by atoms with van der Waals surface area (Å²) in [4.78, 5) is 0. The van der Waals surface area contributed by atoms with Crippen molar-refractivity contribution in [3.05, 3.63) is 53.7 Å². The van der Waals surface area contributed by atoms with Crippen LogP contribution in [0.4, 0.5) is 4.39 Å². The Hall–Kier alpha value is -2.14. The number of aromatic nitrogens is 4. The molecule has 0 saturated carbocycles. The fourth-order valence-electron chi connectivity index (χ4n) is 1.86. The number of hydrogen-bond donors (Lipinski definition) is 0. The Bertz CT molecular complexity index is 732.